The molecule has 0 aliphatic heterocycles. The molecule has 6 nitrogen and oxygen atoms in total. The molecule has 0 heterocycles. The van der Waals surface area contributed by atoms with E-state index in [1.54, 1.807) is 12.1 Å². The van der Waals surface area contributed by atoms with Crippen LogP contribution in [0.4, 0.5) is 4.79 Å². The van der Waals surface area contributed by atoms with Crippen molar-refractivity contribution in [3.05, 3.63) is 35.4 Å². The van der Waals surface area contributed by atoms with Crippen molar-refractivity contribution < 1.29 is 19.4 Å². The SMILES string of the molecule is CCOCC(NC(=O)NCc1ccc(C(=O)O)cc1)C(C)C. The van der Waals surface area contributed by atoms with Gasteiger partial charge < -0.3 is 20.5 Å². The van der Waals surface area contributed by atoms with Crippen LogP contribution in [0.25, 0.3) is 0 Å². The van der Waals surface area contributed by atoms with Gasteiger partial charge in [0, 0.05) is 13.2 Å². The molecule has 2 amide bonds. The molecule has 0 saturated carbocycles. The number of carbonyl (C=O) groups excluding carboxylic acids is 1. The van der Waals surface area contributed by atoms with Crippen molar-refractivity contribution in [1.82, 2.24) is 10.6 Å². The van der Waals surface area contributed by atoms with E-state index in [0.717, 1.165) is 5.56 Å². The summed E-state index contributed by atoms with van der Waals surface area (Å²) >= 11 is 0. The lowest BCUT2D eigenvalue weighted by Crippen LogP contribution is -2.46. The van der Waals surface area contributed by atoms with Gasteiger partial charge in [0.15, 0.2) is 0 Å². The maximum Gasteiger partial charge on any atom is 0.335 e. The Hall–Kier alpha value is -2.08. The summed E-state index contributed by atoms with van der Waals surface area (Å²) in [4.78, 5) is 22.7. The molecule has 0 bridgehead atoms. The molecule has 0 aliphatic rings. The Bertz CT molecular complexity index is 485. The van der Waals surface area contributed by atoms with Gasteiger partial charge in [0.1, 0.15) is 0 Å². The average Bonchev–Trinajstić information content (AvgIpc) is 2.49. The molecule has 1 aromatic carbocycles. The fourth-order valence-electron chi connectivity index (χ4n) is 1.81. The van der Waals surface area contributed by atoms with Gasteiger partial charge >= 0.3 is 12.0 Å². The van der Waals surface area contributed by atoms with Crippen LogP contribution in [0.3, 0.4) is 0 Å². The predicted octanol–water partition coefficient (Wildman–Crippen LogP) is 2.25. The van der Waals surface area contributed by atoms with Crippen LogP contribution in [0.5, 0.6) is 0 Å². The minimum atomic E-state index is -0.965. The van der Waals surface area contributed by atoms with Crippen molar-refractivity contribution in [1.29, 1.82) is 0 Å². The Morgan fingerprint density at radius 3 is 2.36 bits per heavy atom. The zero-order valence-corrected chi connectivity index (χ0v) is 13.3. The molecule has 22 heavy (non-hydrogen) atoms. The minimum absolute atomic E-state index is 0.0469. The van der Waals surface area contributed by atoms with E-state index in [9.17, 15) is 9.59 Å². The zero-order chi connectivity index (χ0) is 16.5. The number of carbonyl (C=O) groups is 2. The lowest BCUT2D eigenvalue weighted by atomic mass is 10.1. The van der Waals surface area contributed by atoms with Crippen LogP contribution >= 0.6 is 0 Å². The quantitative estimate of drug-likeness (QED) is 0.687. The fraction of sp³-hybridized carbons (Fsp3) is 0.500. The van der Waals surface area contributed by atoms with Crippen molar-refractivity contribution in [3.63, 3.8) is 0 Å². The number of amides is 2. The highest BCUT2D eigenvalue weighted by molar-refractivity contribution is 5.87. The Labute approximate surface area is 130 Å². The van der Waals surface area contributed by atoms with E-state index in [2.05, 4.69) is 10.6 Å². The van der Waals surface area contributed by atoms with Crippen LogP contribution in [0.15, 0.2) is 24.3 Å². The smallest absolute Gasteiger partial charge is 0.335 e. The van der Waals surface area contributed by atoms with E-state index in [1.165, 1.54) is 12.1 Å². The summed E-state index contributed by atoms with van der Waals surface area (Å²) in [5.41, 5.74) is 1.07. The summed E-state index contributed by atoms with van der Waals surface area (Å²) in [5.74, 6) is -0.694. The molecule has 0 aliphatic carbocycles. The molecule has 1 rings (SSSR count). The molecule has 0 saturated heterocycles. The summed E-state index contributed by atoms with van der Waals surface area (Å²) < 4.78 is 5.36. The summed E-state index contributed by atoms with van der Waals surface area (Å²) in [6, 6.07) is 6.09. The summed E-state index contributed by atoms with van der Waals surface area (Å²) in [7, 11) is 0. The molecule has 0 fully saturated rings. The second-order valence-electron chi connectivity index (χ2n) is 5.34. The van der Waals surface area contributed by atoms with Gasteiger partial charge in [-0.25, -0.2) is 9.59 Å². The van der Waals surface area contributed by atoms with Gasteiger partial charge in [-0.15, -0.1) is 0 Å². The molecule has 6 heteroatoms. The summed E-state index contributed by atoms with van der Waals surface area (Å²) in [5, 5.41) is 14.5. The summed E-state index contributed by atoms with van der Waals surface area (Å²) in [6.07, 6.45) is 0. The van der Waals surface area contributed by atoms with Gasteiger partial charge in [-0.05, 0) is 30.5 Å². The van der Waals surface area contributed by atoms with Crippen LogP contribution in [-0.2, 0) is 11.3 Å². The van der Waals surface area contributed by atoms with Crippen LogP contribution in [0, 0.1) is 5.92 Å². The largest absolute Gasteiger partial charge is 0.478 e. The van der Waals surface area contributed by atoms with Crippen LogP contribution in [0.2, 0.25) is 0 Å². The summed E-state index contributed by atoms with van der Waals surface area (Å²) in [6.45, 7) is 7.39. The molecule has 0 radical (unpaired) electrons. The van der Waals surface area contributed by atoms with E-state index < -0.39 is 5.97 Å². The Morgan fingerprint density at radius 2 is 1.86 bits per heavy atom. The Morgan fingerprint density at radius 1 is 1.23 bits per heavy atom. The van der Waals surface area contributed by atoms with Gasteiger partial charge in [0.25, 0.3) is 0 Å². The molecule has 1 aromatic rings. The Kier molecular flexibility index (Phi) is 7.39. The molecule has 1 unspecified atom stereocenters. The lowest BCUT2D eigenvalue weighted by molar-refractivity contribution is 0.0697. The molecule has 0 spiro atoms. The molecule has 3 N–H and O–H groups in total. The number of rotatable bonds is 8. The first-order valence-electron chi connectivity index (χ1n) is 7.38. The van der Waals surface area contributed by atoms with Gasteiger partial charge in [-0.1, -0.05) is 26.0 Å². The number of urea groups is 1. The fourth-order valence-corrected chi connectivity index (χ4v) is 1.81. The maximum absolute atomic E-state index is 11.9. The number of carboxylic acid groups (broad SMARTS) is 1. The number of hydrogen-bond donors (Lipinski definition) is 3. The van der Waals surface area contributed by atoms with Crippen LogP contribution in [-0.4, -0.2) is 36.4 Å². The second-order valence-corrected chi connectivity index (χ2v) is 5.34. The molecular formula is C16H24N2O4. The third kappa shape index (κ3) is 6.13. The highest BCUT2D eigenvalue weighted by atomic mass is 16.5. The Balaban J connectivity index is 2.45. The normalized spacial score (nSPS) is 12.0. The number of ether oxygens (including phenoxy) is 1. The van der Waals surface area contributed by atoms with Crippen molar-refractivity contribution in [3.8, 4) is 0 Å². The first kappa shape index (κ1) is 18.0. The molecule has 1 atom stereocenters. The number of benzene rings is 1. The van der Waals surface area contributed by atoms with Crippen molar-refractivity contribution >= 4 is 12.0 Å². The zero-order valence-electron chi connectivity index (χ0n) is 13.3. The van der Waals surface area contributed by atoms with Crippen molar-refractivity contribution in [2.24, 2.45) is 5.92 Å². The molecule has 122 valence electrons. The maximum atomic E-state index is 11.9. The third-order valence-corrected chi connectivity index (χ3v) is 3.28. The number of nitrogens with one attached hydrogen (secondary N) is 2. The second kappa shape index (κ2) is 9.04. The van der Waals surface area contributed by atoms with Crippen molar-refractivity contribution in [2.45, 2.75) is 33.4 Å². The van der Waals surface area contributed by atoms with E-state index in [0.29, 0.717) is 19.8 Å². The van der Waals surface area contributed by atoms with E-state index in [1.807, 2.05) is 20.8 Å². The monoisotopic (exact) mass is 308 g/mol. The highest BCUT2D eigenvalue weighted by Gasteiger charge is 2.16. The van der Waals surface area contributed by atoms with E-state index in [4.69, 9.17) is 9.84 Å². The number of carboxylic acids is 1. The highest BCUT2D eigenvalue weighted by Crippen LogP contribution is 2.05. The first-order valence-corrected chi connectivity index (χ1v) is 7.38. The first-order chi connectivity index (χ1) is 10.4. The van der Waals surface area contributed by atoms with Gasteiger partial charge in [0.2, 0.25) is 0 Å². The molecular weight excluding hydrogens is 284 g/mol. The number of hydrogen-bond acceptors (Lipinski definition) is 3. The van der Waals surface area contributed by atoms with Gasteiger partial charge in [-0.2, -0.15) is 0 Å². The minimum Gasteiger partial charge on any atom is -0.478 e. The van der Waals surface area contributed by atoms with E-state index >= 15 is 0 Å². The third-order valence-electron chi connectivity index (χ3n) is 3.28. The van der Waals surface area contributed by atoms with Crippen molar-refractivity contribution in [2.75, 3.05) is 13.2 Å². The molecule has 0 aromatic heterocycles. The standard InChI is InChI=1S/C16H24N2O4/c1-4-22-10-14(11(2)3)18-16(21)17-9-12-5-7-13(8-6-12)15(19)20/h5-8,11,14H,4,9-10H2,1-3H3,(H,19,20)(H2,17,18,21). The van der Waals surface area contributed by atoms with Crippen LogP contribution in [0.1, 0.15) is 36.7 Å². The van der Waals surface area contributed by atoms with Gasteiger partial charge in [0.05, 0.1) is 18.2 Å². The van der Waals surface area contributed by atoms with E-state index in [-0.39, 0.29) is 23.6 Å². The average molecular weight is 308 g/mol. The number of aromatic carboxylic acids is 1. The topological polar surface area (TPSA) is 87.7 Å². The van der Waals surface area contributed by atoms with Crippen LogP contribution < -0.4 is 10.6 Å². The lowest BCUT2D eigenvalue weighted by Gasteiger charge is -2.22. The van der Waals surface area contributed by atoms with Gasteiger partial charge in [-0.3, -0.25) is 0 Å². The predicted molar refractivity (Wildman–Crippen MR) is 83.9 cm³/mol.